The van der Waals surface area contributed by atoms with Gasteiger partial charge in [-0.1, -0.05) is 27.7 Å². The second kappa shape index (κ2) is 2.08. The normalized spacial score (nSPS) is 38.6. The molecule has 1 rings (SSSR count). The predicted octanol–water partition coefficient (Wildman–Crippen LogP) is 2.26. The van der Waals surface area contributed by atoms with E-state index in [0.29, 0.717) is 17.6 Å². The number of carbonyl (C=O) groups excluding carboxylic acids is 1. The Labute approximate surface area is 62.8 Å². The Kier molecular flexibility index (Phi) is 1.61. The van der Waals surface area contributed by atoms with E-state index in [-0.39, 0.29) is 5.41 Å². The fourth-order valence-corrected chi connectivity index (χ4v) is 1.81. The van der Waals surface area contributed by atoms with Crippen molar-refractivity contribution in [2.45, 2.75) is 34.1 Å². The highest BCUT2D eigenvalue weighted by Crippen LogP contribution is 2.42. The van der Waals surface area contributed by atoms with Gasteiger partial charge in [0.1, 0.15) is 5.78 Å². The molecule has 1 aliphatic rings. The van der Waals surface area contributed by atoms with Crippen LogP contribution in [0.5, 0.6) is 0 Å². The third-order valence-corrected chi connectivity index (χ3v) is 3.02. The Morgan fingerprint density at radius 3 is 2.00 bits per heavy atom. The zero-order valence-electron chi connectivity index (χ0n) is 7.27. The summed E-state index contributed by atoms with van der Waals surface area (Å²) >= 11 is 0. The first kappa shape index (κ1) is 7.77. The molecule has 0 spiro atoms. The summed E-state index contributed by atoms with van der Waals surface area (Å²) in [4.78, 5) is 11.4. The molecule has 0 unspecified atom stereocenters. The lowest BCUT2D eigenvalue weighted by molar-refractivity contribution is -0.127. The lowest BCUT2D eigenvalue weighted by Crippen LogP contribution is -2.24. The molecule has 0 radical (unpaired) electrons. The number of Topliss-reactive ketones (excluding diaryl/α,β-unsaturated/α-hetero) is 1. The summed E-state index contributed by atoms with van der Waals surface area (Å²) in [6, 6.07) is 0. The summed E-state index contributed by atoms with van der Waals surface area (Å²) in [5.74, 6) is 1.31. The van der Waals surface area contributed by atoms with Gasteiger partial charge in [-0.15, -0.1) is 0 Å². The van der Waals surface area contributed by atoms with Gasteiger partial charge in [0, 0.05) is 11.3 Å². The molecule has 1 saturated carbocycles. The monoisotopic (exact) mass is 140 g/mol. The van der Waals surface area contributed by atoms with Crippen molar-refractivity contribution in [2.75, 3.05) is 0 Å². The van der Waals surface area contributed by atoms with Crippen LogP contribution in [0, 0.1) is 17.3 Å². The SMILES string of the molecule is C[C@@H]1C[C@@H](C)C(C)(C)C1=O. The Balaban J connectivity index is 2.85. The summed E-state index contributed by atoms with van der Waals surface area (Å²) in [7, 11) is 0. The molecular weight excluding hydrogens is 124 g/mol. The van der Waals surface area contributed by atoms with Crippen LogP contribution in [0.15, 0.2) is 0 Å². The minimum absolute atomic E-state index is 0.0561. The van der Waals surface area contributed by atoms with E-state index in [1.165, 1.54) is 0 Å². The molecule has 0 saturated heterocycles. The predicted molar refractivity (Wildman–Crippen MR) is 41.7 cm³/mol. The van der Waals surface area contributed by atoms with Gasteiger partial charge in [0.2, 0.25) is 0 Å². The van der Waals surface area contributed by atoms with Gasteiger partial charge in [-0.05, 0) is 12.3 Å². The van der Waals surface area contributed by atoms with Crippen molar-refractivity contribution in [3.05, 3.63) is 0 Å². The quantitative estimate of drug-likeness (QED) is 0.504. The molecule has 0 N–H and O–H groups in total. The molecule has 0 aliphatic heterocycles. The van der Waals surface area contributed by atoms with Crippen molar-refractivity contribution in [1.29, 1.82) is 0 Å². The minimum atomic E-state index is -0.0561. The fourth-order valence-electron chi connectivity index (χ4n) is 1.81. The van der Waals surface area contributed by atoms with Crippen LogP contribution in [0.2, 0.25) is 0 Å². The number of hydrogen-bond acceptors (Lipinski definition) is 1. The van der Waals surface area contributed by atoms with Crippen LogP contribution in [0.4, 0.5) is 0 Å². The Morgan fingerprint density at radius 1 is 1.40 bits per heavy atom. The highest BCUT2D eigenvalue weighted by Gasteiger charge is 2.43. The second-order valence-electron chi connectivity index (χ2n) is 4.12. The maximum Gasteiger partial charge on any atom is 0.141 e. The molecule has 0 aromatic carbocycles. The van der Waals surface area contributed by atoms with Gasteiger partial charge in [-0.25, -0.2) is 0 Å². The summed E-state index contributed by atoms with van der Waals surface area (Å²) < 4.78 is 0. The summed E-state index contributed by atoms with van der Waals surface area (Å²) in [6.45, 7) is 8.32. The zero-order valence-corrected chi connectivity index (χ0v) is 7.27. The largest absolute Gasteiger partial charge is 0.299 e. The topological polar surface area (TPSA) is 17.1 Å². The molecule has 58 valence electrons. The lowest BCUT2D eigenvalue weighted by atomic mass is 9.82. The van der Waals surface area contributed by atoms with Crippen molar-refractivity contribution >= 4 is 5.78 Å². The maximum atomic E-state index is 11.4. The standard InChI is InChI=1S/C9H16O/c1-6-5-7(2)9(3,4)8(6)10/h6-7H,5H2,1-4H3/t6-,7-/m1/s1. The van der Waals surface area contributed by atoms with Gasteiger partial charge < -0.3 is 0 Å². The number of rotatable bonds is 0. The first-order valence-corrected chi connectivity index (χ1v) is 4.00. The van der Waals surface area contributed by atoms with Crippen LogP contribution in [-0.2, 0) is 4.79 Å². The average Bonchev–Trinajstić information content (AvgIpc) is 1.97. The Hall–Kier alpha value is -0.330. The van der Waals surface area contributed by atoms with E-state index >= 15 is 0 Å². The molecule has 2 atom stereocenters. The van der Waals surface area contributed by atoms with Crippen molar-refractivity contribution in [2.24, 2.45) is 17.3 Å². The number of ketones is 1. The molecule has 10 heavy (non-hydrogen) atoms. The molecule has 1 nitrogen and oxygen atoms in total. The van der Waals surface area contributed by atoms with Gasteiger partial charge in [-0.3, -0.25) is 4.79 Å². The van der Waals surface area contributed by atoms with E-state index in [1.54, 1.807) is 0 Å². The Morgan fingerprint density at radius 2 is 1.90 bits per heavy atom. The summed E-state index contributed by atoms with van der Waals surface area (Å²) in [5.41, 5.74) is -0.0561. The first-order valence-electron chi connectivity index (χ1n) is 4.00. The van der Waals surface area contributed by atoms with E-state index in [0.717, 1.165) is 6.42 Å². The maximum absolute atomic E-state index is 11.4. The molecule has 0 aromatic rings. The fraction of sp³-hybridized carbons (Fsp3) is 0.889. The summed E-state index contributed by atoms with van der Waals surface area (Å²) in [6.07, 6.45) is 1.08. The average molecular weight is 140 g/mol. The smallest absolute Gasteiger partial charge is 0.141 e. The van der Waals surface area contributed by atoms with Crippen molar-refractivity contribution in [3.8, 4) is 0 Å². The minimum Gasteiger partial charge on any atom is -0.299 e. The second-order valence-corrected chi connectivity index (χ2v) is 4.12. The molecule has 0 amide bonds. The highest BCUT2D eigenvalue weighted by molar-refractivity contribution is 5.88. The van der Waals surface area contributed by atoms with Gasteiger partial charge in [-0.2, -0.15) is 0 Å². The van der Waals surface area contributed by atoms with Gasteiger partial charge in [0.05, 0.1) is 0 Å². The molecule has 0 heterocycles. The third-order valence-electron chi connectivity index (χ3n) is 3.02. The highest BCUT2D eigenvalue weighted by atomic mass is 16.1. The number of hydrogen-bond donors (Lipinski definition) is 0. The van der Waals surface area contributed by atoms with Crippen LogP contribution in [0.25, 0.3) is 0 Å². The van der Waals surface area contributed by atoms with Gasteiger partial charge >= 0.3 is 0 Å². The van der Waals surface area contributed by atoms with E-state index in [2.05, 4.69) is 20.8 Å². The van der Waals surface area contributed by atoms with Crippen LogP contribution >= 0.6 is 0 Å². The van der Waals surface area contributed by atoms with Crippen molar-refractivity contribution < 1.29 is 4.79 Å². The molecule has 0 aromatic heterocycles. The van der Waals surface area contributed by atoms with E-state index in [4.69, 9.17) is 0 Å². The van der Waals surface area contributed by atoms with Crippen LogP contribution in [0.1, 0.15) is 34.1 Å². The van der Waals surface area contributed by atoms with E-state index in [1.807, 2.05) is 6.92 Å². The third kappa shape index (κ3) is 0.882. The number of carbonyl (C=O) groups is 1. The van der Waals surface area contributed by atoms with E-state index in [9.17, 15) is 4.79 Å². The zero-order chi connectivity index (χ0) is 7.94. The molecule has 1 aliphatic carbocycles. The molecule has 1 fully saturated rings. The van der Waals surface area contributed by atoms with Gasteiger partial charge in [0.25, 0.3) is 0 Å². The van der Waals surface area contributed by atoms with Crippen LogP contribution < -0.4 is 0 Å². The van der Waals surface area contributed by atoms with Crippen molar-refractivity contribution in [3.63, 3.8) is 0 Å². The van der Waals surface area contributed by atoms with E-state index < -0.39 is 0 Å². The summed E-state index contributed by atoms with van der Waals surface area (Å²) in [5, 5.41) is 0. The van der Waals surface area contributed by atoms with Gasteiger partial charge in [0.15, 0.2) is 0 Å². The molecule has 1 heteroatoms. The lowest BCUT2D eigenvalue weighted by Gasteiger charge is -2.20. The van der Waals surface area contributed by atoms with Crippen molar-refractivity contribution in [1.82, 2.24) is 0 Å². The molecular formula is C9H16O. The van der Waals surface area contributed by atoms with Crippen LogP contribution in [0.3, 0.4) is 0 Å². The van der Waals surface area contributed by atoms with Crippen LogP contribution in [-0.4, -0.2) is 5.78 Å². The first-order chi connectivity index (χ1) is 4.46. The Bertz CT molecular complexity index is 158. The molecule has 0 bridgehead atoms.